The molecule has 0 aliphatic rings. The van der Waals surface area contributed by atoms with Crippen LogP contribution in [-0.2, 0) is 10.0 Å². The van der Waals surface area contributed by atoms with E-state index in [0.29, 0.717) is 33.8 Å². The molecule has 1 aromatic heterocycles. The van der Waals surface area contributed by atoms with E-state index >= 15 is 0 Å². The topological polar surface area (TPSA) is 152 Å². The van der Waals surface area contributed by atoms with Gasteiger partial charge in [0.1, 0.15) is 17.2 Å². The van der Waals surface area contributed by atoms with Crippen LogP contribution in [0.1, 0.15) is 23.3 Å². The van der Waals surface area contributed by atoms with Crippen LogP contribution in [-0.4, -0.2) is 43.6 Å². The van der Waals surface area contributed by atoms with Gasteiger partial charge in [-0.2, -0.15) is 0 Å². The summed E-state index contributed by atoms with van der Waals surface area (Å²) in [7, 11) is -1.27. The second kappa shape index (κ2) is 12.7. The number of anilines is 4. The molecule has 0 fully saturated rings. The molecule has 222 valence electrons. The molecule has 43 heavy (non-hydrogen) atoms. The molecule has 0 aliphatic heterocycles. The van der Waals surface area contributed by atoms with Crippen LogP contribution in [0.15, 0.2) is 89.8 Å². The number of carbonyl (C=O) groups is 1. The molecule has 0 unspecified atom stereocenters. The van der Waals surface area contributed by atoms with E-state index in [0.717, 1.165) is 5.56 Å². The standard InChI is InChI=1S/C30H27N5O6S.CH4/c1-18-11-12-24(27(13-18)41-3)30(37)32-19-7-6-8-23(16-19)42(38,39)35-29-28(33-25-9-4-5-10-26(25)34-29)31-20-14-21(36)17-22(15-20)40-2;/h4-17,36H,1-3H3,(H,31,33)(H,32,37)(H,34,35);1H4. The first-order chi connectivity index (χ1) is 20.1. The van der Waals surface area contributed by atoms with Gasteiger partial charge in [0, 0.05) is 29.6 Å². The highest BCUT2D eigenvalue weighted by Crippen LogP contribution is 2.31. The summed E-state index contributed by atoms with van der Waals surface area (Å²) in [6, 6.07) is 22.5. The van der Waals surface area contributed by atoms with Crippen LogP contribution in [0.3, 0.4) is 0 Å². The number of carbonyl (C=O) groups excluding carboxylic acids is 1. The molecular formula is C31H31N5O6S. The number of aromatic nitrogens is 2. The van der Waals surface area contributed by atoms with Crippen molar-refractivity contribution in [3.05, 3.63) is 96.1 Å². The smallest absolute Gasteiger partial charge is 0.263 e. The number of amides is 1. The number of para-hydroxylation sites is 2. The molecule has 0 atom stereocenters. The Kier molecular flexibility index (Phi) is 9.01. The number of rotatable bonds is 9. The minimum absolute atomic E-state index is 0. The summed E-state index contributed by atoms with van der Waals surface area (Å²) in [6.07, 6.45) is 0. The highest BCUT2D eigenvalue weighted by molar-refractivity contribution is 7.92. The molecule has 5 aromatic rings. The number of aryl methyl sites for hydroxylation is 1. The van der Waals surface area contributed by atoms with Gasteiger partial charge in [0.25, 0.3) is 15.9 Å². The summed E-state index contributed by atoms with van der Waals surface area (Å²) in [5, 5.41) is 15.8. The van der Waals surface area contributed by atoms with E-state index in [1.807, 2.05) is 6.92 Å². The summed E-state index contributed by atoms with van der Waals surface area (Å²) >= 11 is 0. The van der Waals surface area contributed by atoms with Gasteiger partial charge in [0.15, 0.2) is 11.6 Å². The van der Waals surface area contributed by atoms with Crippen LogP contribution in [0.5, 0.6) is 17.2 Å². The quantitative estimate of drug-likeness (QED) is 0.157. The number of methoxy groups -OCH3 is 2. The van der Waals surface area contributed by atoms with Crippen LogP contribution in [0.2, 0.25) is 0 Å². The van der Waals surface area contributed by atoms with E-state index < -0.39 is 15.9 Å². The molecule has 0 bridgehead atoms. The third-order valence-corrected chi connectivity index (χ3v) is 7.53. The summed E-state index contributed by atoms with van der Waals surface area (Å²) in [6.45, 7) is 1.88. The maximum Gasteiger partial charge on any atom is 0.263 e. The number of sulfonamides is 1. The minimum Gasteiger partial charge on any atom is -0.508 e. The van der Waals surface area contributed by atoms with Crippen molar-refractivity contribution in [3.8, 4) is 17.2 Å². The Balaban J connectivity index is 0.00000423. The molecule has 1 heterocycles. The number of phenols is 1. The number of ether oxygens (including phenoxy) is 2. The Labute approximate surface area is 249 Å². The number of nitrogens with zero attached hydrogens (tertiary/aromatic N) is 2. The summed E-state index contributed by atoms with van der Waals surface area (Å²) in [5.41, 5.74) is 2.87. The molecule has 5 rings (SSSR count). The molecule has 0 spiro atoms. The van der Waals surface area contributed by atoms with E-state index in [9.17, 15) is 18.3 Å². The van der Waals surface area contributed by atoms with E-state index in [-0.39, 0.29) is 35.4 Å². The van der Waals surface area contributed by atoms with E-state index in [1.54, 1.807) is 54.6 Å². The number of nitrogens with one attached hydrogen (secondary N) is 3. The average Bonchev–Trinajstić information content (AvgIpc) is 2.97. The molecule has 4 N–H and O–H groups in total. The van der Waals surface area contributed by atoms with Gasteiger partial charge in [-0.3, -0.25) is 9.52 Å². The van der Waals surface area contributed by atoms with E-state index in [4.69, 9.17) is 9.47 Å². The Morgan fingerprint density at radius 2 is 1.53 bits per heavy atom. The minimum atomic E-state index is -4.20. The molecule has 0 aliphatic carbocycles. The normalized spacial score (nSPS) is 10.9. The van der Waals surface area contributed by atoms with Crippen molar-refractivity contribution < 1.29 is 27.8 Å². The van der Waals surface area contributed by atoms with Crippen molar-refractivity contribution in [2.75, 3.05) is 29.6 Å². The lowest BCUT2D eigenvalue weighted by molar-refractivity contribution is 0.102. The third-order valence-electron chi connectivity index (χ3n) is 6.20. The summed E-state index contributed by atoms with van der Waals surface area (Å²) < 4.78 is 40.1. The summed E-state index contributed by atoms with van der Waals surface area (Å²) in [4.78, 5) is 21.9. The predicted molar refractivity (Wildman–Crippen MR) is 167 cm³/mol. The number of hydrogen-bond acceptors (Lipinski definition) is 9. The van der Waals surface area contributed by atoms with Crippen LogP contribution >= 0.6 is 0 Å². The van der Waals surface area contributed by atoms with Crippen molar-refractivity contribution in [1.82, 2.24) is 9.97 Å². The van der Waals surface area contributed by atoms with Gasteiger partial charge in [0.2, 0.25) is 0 Å². The fraction of sp³-hybridized carbons (Fsp3) is 0.129. The lowest BCUT2D eigenvalue weighted by Crippen LogP contribution is -2.17. The first-order valence-corrected chi connectivity index (χ1v) is 14.1. The van der Waals surface area contributed by atoms with Gasteiger partial charge in [-0.25, -0.2) is 18.4 Å². The summed E-state index contributed by atoms with van der Waals surface area (Å²) in [5.74, 6) is 0.293. The fourth-order valence-electron chi connectivity index (χ4n) is 4.18. The van der Waals surface area contributed by atoms with Gasteiger partial charge in [-0.05, 0) is 55.0 Å². The van der Waals surface area contributed by atoms with Crippen molar-refractivity contribution in [2.24, 2.45) is 0 Å². The van der Waals surface area contributed by atoms with Gasteiger partial charge >= 0.3 is 0 Å². The second-order valence-electron chi connectivity index (χ2n) is 9.25. The number of fused-ring (bicyclic) bond motifs is 1. The zero-order chi connectivity index (χ0) is 29.9. The maximum atomic E-state index is 13.5. The lowest BCUT2D eigenvalue weighted by atomic mass is 10.1. The maximum absolute atomic E-state index is 13.5. The van der Waals surface area contributed by atoms with Crippen LogP contribution in [0.25, 0.3) is 11.0 Å². The number of hydrogen-bond donors (Lipinski definition) is 4. The molecular weight excluding hydrogens is 570 g/mol. The van der Waals surface area contributed by atoms with Crippen LogP contribution in [0, 0.1) is 6.92 Å². The Hall–Kier alpha value is -5.36. The molecule has 4 aromatic carbocycles. The molecule has 1 amide bonds. The SMILES string of the molecule is C.COc1cc(O)cc(Nc2nc3ccccc3nc2NS(=O)(=O)c2cccc(NC(=O)c3ccc(C)cc3OC)c2)c1. The lowest BCUT2D eigenvalue weighted by Gasteiger charge is -2.15. The fourth-order valence-corrected chi connectivity index (χ4v) is 5.23. The Morgan fingerprint density at radius 1 is 0.814 bits per heavy atom. The molecule has 0 radical (unpaired) electrons. The zero-order valence-electron chi connectivity index (χ0n) is 22.9. The number of phenolic OH excluding ortho intramolecular Hbond substituents is 1. The average molecular weight is 602 g/mol. The molecule has 12 heteroatoms. The van der Waals surface area contributed by atoms with Crippen LogP contribution in [0.4, 0.5) is 23.0 Å². The molecule has 0 saturated carbocycles. The third kappa shape index (κ3) is 6.93. The first-order valence-electron chi connectivity index (χ1n) is 12.7. The van der Waals surface area contributed by atoms with Crippen molar-refractivity contribution in [1.29, 1.82) is 0 Å². The largest absolute Gasteiger partial charge is 0.508 e. The van der Waals surface area contributed by atoms with Crippen molar-refractivity contribution in [2.45, 2.75) is 19.2 Å². The Bertz CT molecular complexity index is 1910. The van der Waals surface area contributed by atoms with E-state index in [2.05, 4.69) is 25.3 Å². The predicted octanol–water partition coefficient (Wildman–Crippen LogP) is 6.09. The van der Waals surface area contributed by atoms with Gasteiger partial charge in [-0.15, -0.1) is 0 Å². The van der Waals surface area contributed by atoms with Crippen LogP contribution < -0.4 is 24.8 Å². The van der Waals surface area contributed by atoms with Gasteiger partial charge < -0.3 is 25.2 Å². The zero-order valence-corrected chi connectivity index (χ0v) is 23.7. The van der Waals surface area contributed by atoms with Crippen molar-refractivity contribution >= 4 is 50.0 Å². The second-order valence-corrected chi connectivity index (χ2v) is 10.9. The van der Waals surface area contributed by atoms with Gasteiger partial charge in [0.05, 0.1) is 35.7 Å². The molecule has 11 nitrogen and oxygen atoms in total. The van der Waals surface area contributed by atoms with E-state index in [1.165, 1.54) is 44.6 Å². The monoisotopic (exact) mass is 601 g/mol. The number of aromatic hydroxyl groups is 1. The highest BCUT2D eigenvalue weighted by Gasteiger charge is 2.21. The Morgan fingerprint density at radius 3 is 2.23 bits per heavy atom. The van der Waals surface area contributed by atoms with Crippen molar-refractivity contribution in [3.63, 3.8) is 0 Å². The van der Waals surface area contributed by atoms with Gasteiger partial charge in [-0.1, -0.05) is 31.7 Å². The molecule has 0 saturated heterocycles. The number of benzene rings is 4. The first kappa shape index (κ1) is 30.6. The highest BCUT2D eigenvalue weighted by atomic mass is 32.2.